The Morgan fingerprint density at radius 1 is 1.00 bits per heavy atom. The molecule has 2 aromatic rings. The molecule has 0 aliphatic rings. The molecule has 0 bridgehead atoms. The van der Waals surface area contributed by atoms with E-state index < -0.39 is 6.04 Å². The maximum absolute atomic E-state index is 13.1. The van der Waals surface area contributed by atoms with Gasteiger partial charge in [-0.25, -0.2) is 0 Å². The second kappa shape index (κ2) is 13.0. The van der Waals surface area contributed by atoms with E-state index in [4.69, 9.17) is 23.2 Å². The molecule has 0 fully saturated rings. The van der Waals surface area contributed by atoms with Gasteiger partial charge in [-0.15, -0.1) is 11.8 Å². The van der Waals surface area contributed by atoms with Crippen molar-refractivity contribution in [1.29, 1.82) is 0 Å². The second-order valence-corrected chi connectivity index (χ2v) is 9.59. The largest absolute Gasteiger partial charge is 0.352 e. The maximum Gasteiger partial charge on any atom is 0.242 e. The molecule has 168 valence electrons. The number of nitrogens with one attached hydrogen (secondary N) is 1. The van der Waals surface area contributed by atoms with Crippen LogP contribution in [0.4, 0.5) is 0 Å². The van der Waals surface area contributed by atoms with Gasteiger partial charge in [-0.1, -0.05) is 42.3 Å². The molecule has 1 N–H and O–H groups in total. The highest BCUT2D eigenvalue weighted by molar-refractivity contribution is 7.99. The molecule has 0 radical (unpaired) electrons. The normalized spacial score (nSPS) is 12.8. The Balaban J connectivity index is 1.99. The van der Waals surface area contributed by atoms with E-state index in [2.05, 4.69) is 5.32 Å². The number of amides is 2. The Morgan fingerprint density at radius 3 is 2.16 bits per heavy atom. The Kier molecular flexibility index (Phi) is 10.7. The molecular weight excluding hydrogens is 451 g/mol. The summed E-state index contributed by atoms with van der Waals surface area (Å²) in [5, 5.41) is 4.34. The Hall–Kier alpha value is -1.69. The van der Waals surface area contributed by atoms with E-state index in [1.165, 1.54) is 0 Å². The smallest absolute Gasteiger partial charge is 0.242 e. The molecular formula is C24H30Cl2N2O2S. The van der Waals surface area contributed by atoms with Crippen molar-refractivity contribution in [2.24, 2.45) is 0 Å². The van der Waals surface area contributed by atoms with Crippen molar-refractivity contribution in [2.75, 3.05) is 5.75 Å². The van der Waals surface area contributed by atoms with Gasteiger partial charge >= 0.3 is 0 Å². The average Bonchev–Trinajstić information content (AvgIpc) is 2.76. The number of rotatable bonds is 11. The molecule has 2 amide bonds. The van der Waals surface area contributed by atoms with Crippen LogP contribution in [0.5, 0.6) is 0 Å². The maximum atomic E-state index is 13.1. The van der Waals surface area contributed by atoms with E-state index in [1.807, 2.05) is 50.2 Å². The van der Waals surface area contributed by atoms with Crippen LogP contribution in [0.1, 0.15) is 45.6 Å². The van der Waals surface area contributed by atoms with Crippen molar-refractivity contribution in [3.63, 3.8) is 0 Å². The topological polar surface area (TPSA) is 49.4 Å². The molecule has 0 heterocycles. The van der Waals surface area contributed by atoms with Gasteiger partial charge < -0.3 is 10.2 Å². The van der Waals surface area contributed by atoms with Gasteiger partial charge in [-0.05, 0) is 74.4 Å². The minimum absolute atomic E-state index is 0.0292. The number of nitrogens with zero attached hydrogens (tertiary/aromatic N) is 1. The number of thioether (sulfide) groups is 1. The highest BCUT2D eigenvalue weighted by atomic mass is 35.5. The summed E-state index contributed by atoms with van der Waals surface area (Å²) in [7, 11) is 0. The van der Waals surface area contributed by atoms with Gasteiger partial charge in [0, 0.05) is 33.9 Å². The van der Waals surface area contributed by atoms with Crippen LogP contribution in [0.15, 0.2) is 53.4 Å². The monoisotopic (exact) mass is 480 g/mol. The number of hydrogen-bond donors (Lipinski definition) is 1. The third-order valence-corrected chi connectivity index (χ3v) is 6.65. The molecule has 2 rings (SSSR count). The third kappa shape index (κ3) is 8.76. The molecule has 7 heteroatoms. The lowest BCUT2D eigenvalue weighted by Gasteiger charge is -2.29. The molecule has 4 nitrogen and oxygen atoms in total. The van der Waals surface area contributed by atoms with Gasteiger partial charge in [0.1, 0.15) is 6.04 Å². The molecule has 0 aromatic heterocycles. The fourth-order valence-electron chi connectivity index (χ4n) is 2.92. The highest BCUT2D eigenvalue weighted by Gasteiger charge is 2.26. The first-order chi connectivity index (χ1) is 14.8. The quantitative estimate of drug-likeness (QED) is 0.307. The van der Waals surface area contributed by atoms with Crippen LogP contribution in [0.25, 0.3) is 0 Å². The van der Waals surface area contributed by atoms with Crippen LogP contribution < -0.4 is 5.32 Å². The minimum atomic E-state index is -0.555. The van der Waals surface area contributed by atoms with Crippen LogP contribution in [-0.2, 0) is 16.1 Å². The van der Waals surface area contributed by atoms with Crippen LogP contribution in [-0.4, -0.2) is 34.6 Å². The van der Waals surface area contributed by atoms with Gasteiger partial charge in [0.15, 0.2) is 0 Å². The summed E-state index contributed by atoms with van der Waals surface area (Å²) in [6.07, 6.45) is 1.95. The SMILES string of the molecule is CC[C@@H](C)NC(=O)[C@H](C)N(Cc1ccc(Cl)cc1)C(=O)CCCSc1ccc(Cl)cc1. The molecule has 2 atom stereocenters. The zero-order chi connectivity index (χ0) is 22.8. The van der Waals surface area contributed by atoms with E-state index in [1.54, 1.807) is 35.7 Å². The van der Waals surface area contributed by atoms with Crippen molar-refractivity contribution < 1.29 is 9.59 Å². The second-order valence-electron chi connectivity index (χ2n) is 7.55. The first kappa shape index (κ1) is 25.6. The van der Waals surface area contributed by atoms with Gasteiger partial charge in [0.2, 0.25) is 11.8 Å². The molecule has 0 saturated carbocycles. The number of carbonyl (C=O) groups excluding carboxylic acids is 2. The van der Waals surface area contributed by atoms with Crippen molar-refractivity contribution >= 4 is 46.8 Å². The molecule has 31 heavy (non-hydrogen) atoms. The number of hydrogen-bond acceptors (Lipinski definition) is 3. The van der Waals surface area contributed by atoms with E-state index in [9.17, 15) is 9.59 Å². The lowest BCUT2D eigenvalue weighted by molar-refractivity contribution is -0.140. The van der Waals surface area contributed by atoms with Gasteiger partial charge in [0.05, 0.1) is 0 Å². The standard InChI is InChI=1S/C24H30Cl2N2O2S/c1-4-17(2)27-24(30)18(3)28(16-19-7-9-20(25)10-8-19)23(29)6-5-15-31-22-13-11-21(26)12-14-22/h7-14,17-18H,4-6,15-16H2,1-3H3,(H,27,30)/t17-,18+/m1/s1. The van der Waals surface area contributed by atoms with Gasteiger partial charge in [0.25, 0.3) is 0 Å². The lowest BCUT2D eigenvalue weighted by Crippen LogP contribution is -2.49. The molecule has 0 aliphatic heterocycles. The van der Waals surface area contributed by atoms with E-state index in [0.29, 0.717) is 23.0 Å². The van der Waals surface area contributed by atoms with Crippen molar-refractivity contribution in [1.82, 2.24) is 10.2 Å². The van der Waals surface area contributed by atoms with Crippen LogP contribution in [0.2, 0.25) is 10.0 Å². The summed E-state index contributed by atoms with van der Waals surface area (Å²) in [6, 6.07) is 14.6. The molecule has 0 spiro atoms. The Morgan fingerprint density at radius 2 is 1.58 bits per heavy atom. The molecule has 2 aromatic carbocycles. The average molecular weight is 481 g/mol. The summed E-state index contributed by atoms with van der Waals surface area (Å²) in [4.78, 5) is 28.6. The van der Waals surface area contributed by atoms with Crippen molar-refractivity contribution in [3.05, 3.63) is 64.1 Å². The number of benzene rings is 2. The van der Waals surface area contributed by atoms with Crippen LogP contribution in [0, 0.1) is 0 Å². The molecule has 0 aliphatic carbocycles. The minimum Gasteiger partial charge on any atom is -0.352 e. The van der Waals surface area contributed by atoms with Crippen LogP contribution >= 0.6 is 35.0 Å². The summed E-state index contributed by atoms with van der Waals surface area (Å²) >= 11 is 13.6. The third-order valence-electron chi connectivity index (χ3n) is 5.05. The molecule has 0 unspecified atom stereocenters. The van der Waals surface area contributed by atoms with Crippen molar-refractivity contribution in [3.8, 4) is 0 Å². The van der Waals surface area contributed by atoms with E-state index in [-0.39, 0.29) is 17.9 Å². The van der Waals surface area contributed by atoms with E-state index in [0.717, 1.165) is 29.1 Å². The van der Waals surface area contributed by atoms with Crippen LogP contribution in [0.3, 0.4) is 0 Å². The zero-order valence-corrected chi connectivity index (χ0v) is 20.6. The van der Waals surface area contributed by atoms with Gasteiger partial charge in [-0.3, -0.25) is 9.59 Å². The van der Waals surface area contributed by atoms with Crippen molar-refractivity contribution in [2.45, 2.75) is 63.6 Å². The molecule has 0 saturated heterocycles. The highest BCUT2D eigenvalue weighted by Crippen LogP contribution is 2.22. The fourth-order valence-corrected chi connectivity index (χ4v) is 4.03. The predicted octanol–water partition coefficient (Wildman–Crippen LogP) is 6.20. The predicted molar refractivity (Wildman–Crippen MR) is 131 cm³/mol. The summed E-state index contributed by atoms with van der Waals surface area (Å²) in [5.41, 5.74) is 0.941. The summed E-state index contributed by atoms with van der Waals surface area (Å²) < 4.78 is 0. The zero-order valence-electron chi connectivity index (χ0n) is 18.2. The fraction of sp³-hybridized carbons (Fsp3) is 0.417. The first-order valence-corrected chi connectivity index (χ1v) is 12.3. The first-order valence-electron chi connectivity index (χ1n) is 10.5. The Labute approximate surface area is 199 Å². The lowest BCUT2D eigenvalue weighted by atomic mass is 10.1. The Bertz CT molecular complexity index is 844. The summed E-state index contributed by atoms with van der Waals surface area (Å²) in [6.45, 7) is 6.14. The van der Waals surface area contributed by atoms with E-state index >= 15 is 0 Å². The summed E-state index contributed by atoms with van der Waals surface area (Å²) in [5.74, 6) is 0.654. The number of halogens is 2. The van der Waals surface area contributed by atoms with Gasteiger partial charge in [-0.2, -0.15) is 0 Å². The number of carbonyl (C=O) groups is 2.